The second-order valence-electron chi connectivity index (χ2n) is 8.91. The zero-order chi connectivity index (χ0) is 28.2. The van der Waals surface area contributed by atoms with Gasteiger partial charge in [-0.25, -0.2) is 14.2 Å². The van der Waals surface area contributed by atoms with Gasteiger partial charge in [0, 0.05) is 31.1 Å². The van der Waals surface area contributed by atoms with Gasteiger partial charge in [0.2, 0.25) is 11.8 Å². The third-order valence-electron chi connectivity index (χ3n) is 5.59. The Kier molecular flexibility index (Phi) is 11.4. The van der Waals surface area contributed by atoms with Gasteiger partial charge in [0.05, 0.1) is 23.7 Å². The number of benzene rings is 2. The topological polar surface area (TPSA) is 142 Å². The molecule has 0 aliphatic carbocycles. The molecule has 0 aliphatic rings. The quantitative estimate of drug-likeness (QED) is 0.217. The van der Waals surface area contributed by atoms with Crippen molar-refractivity contribution in [2.75, 3.05) is 25.0 Å². The Morgan fingerprint density at radius 3 is 2.64 bits per heavy atom. The monoisotopic (exact) mass is 559 g/mol. The summed E-state index contributed by atoms with van der Waals surface area (Å²) in [5.74, 6) is -0.989. The molecule has 0 spiro atoms. The van der Waals surface area contributed by atoms with E-state index in [-0.39, 0.29) is 50.0 Å². The van der Waals surface area contributed by atoms with Crippen molar-refractivity contribution in [2.45, 2.75) is 38.5 Å². The zero-order valence-corrected chi connectivity index (χ0v) is 22.1. The maximum atomic E-state index is 13.6. The Morgan fingerprint density at radius 1 is 1.10 bits per heavy atom. The predicted molar refractivity (Wildman–Crippen MR) is 146 cm³/mol. The number of carbonyl (C=O) groups is 3. The summed E-state index contributed by atoms with van der Waals surface area (Å²) >= 11 is 5.94. The Balaban J connectivity index is 1.52. The van der Waals surface area contributed by atoms with Crippen LogP contribution < -0.4 is 21.3 Å². The molecule has 0 radical (unpaired) electrons. The number of aliphatic hydroxyl groups is 1. The molecule has 208 valence electrons. The maximum Gasteiger partial charge on any atom is 0.412 e. The highest BCUT2D eigenvalue weighted by Crippen LogP contribution is 2.19. The summed E-state index contributed by atoms with van der Waals surface area (Å²) in [7, 11) is 0. The van der Waals surface area contributed by atoms with E-state index in [2.05, 4.69) is 26.3 Å². The third kappa shape index (κ3) is 10.1. The number of carbonyl (C=O) groups excluding carboxylic acids is 3. The van der Waals surface area contributed by atoms with E-state index in [1.807, 2.05) is 24.3 Å². The molecule has 0 unspecified atom stereocenters. The van der Waals surface area contributed by atoms with Crippen molar-refractivity contribution in [1.29, 1.82) is 0 Å². The molecule has 1 aromatic heterocycles. The lowest BCUT2D eigenvalue weighted by Gasteiger charge is -2.19. The van der Waals surface area contributed by atoms with E-state index in [9.17, 15) is 23.9 Å². The summed E-state index contributed by atoms with van der Waals surface area (Å²) in [5.41, 5.74) is 0.498. The van der Waals surface area contributed by atoms with Gasteiger partial charge in [0.1, 0.15) is 18.2 Å². The van der Waals surface area contributed by atoms with Crippen LogP contribution in [0, 0.1) is 5.82 Å². The molecule has 0 aliphatic heterocycles. The van der Waals surface area contributed by atoms with Crippen molar-refractivity contribution in [1.82, 2.24) is 20.9 Å². The van der Waals surface area contributed by atoms with Gasteiger partial charge >= 0.3 is 6.09 Å². The SMILES string of the molecule is C[C@H](O)CNC(=O)CC[C@@H](COC(=O)Nc1cc2ccccc2cn1)NC(=O)CNCc1cccc(F)c1Cl. The van der Waals surface area contributed by atoms with Gasteiger partial charge in [0.15, 0.2) is 0 Å². The fourth-order valence-corrected chi connectivity index (χ4v) is 3.79. The summed E-state index contributed by atoms with van der Waals surface area (Å²) in [5, 5.41) is 21.9. The second-order valence-corrected chi connectivity index (χ2v) is 9.29. The number of ether oxygens (including phenoxy) is 1. The minimum absolute atomic E-state index is 0.0215. The molecule has 1 heterocycles. The van der Waals surface area contributed by atoms with Crippen LogP contribution in [0.1, 0.15) is 25.3 Å². The highest BCUT2D eigenvalue weighted by Gasteiger charge is 2.18. The van der Waals surface area contributed by atoms with Gasteiger partial charge in [0.25, 0.3) is 0 Å². The highest BCUT2D eigenvalue weighted by molar-refractivity contribution is 6.31. The molecule has 10 nitrogen and oxygen atoms in total. The molecule has 0 saturated carbocycles. The van der Waals surface area contributed by atoms with Crippen LogP contribution in [-0.2, 0) is 20.9 Å². The minimum Gasteiger partial charge on any atom is -0.447 e. The van der Waals surface area contributed by atoms with Crippen LogP contribution in [-0.4, -0.2) is 59.8 Å². The van der Waals surface area contributed by atoms with Crippen molar-refractivity contribution in [3.05, 3.63) is 71.1 Å². The third-order valence-corrected chi connectivity index (χ3v) is 6.01. The van der Waals surface area contributed by atoms with Crippen molar-refractivity contribution in [2.24, 2.45) is 0 Å². The zero-order valence-electron chi connectivity index (χ0n) is 21.4. The van der Waals surface area contributed by atoms with Crippen LogP contribution in [0.3, 0.4) is 0 Å². The summed E-state index contributed by atoms with van der Waals surface area (Å²) in [6, 6.07) is 13.0. The van der Waals surface area contributed by atoms with Gasteiger partial charge in [-0.05, 0) is 36.4 Å². The molecule has 0 fully saturated rings. The van der Waals surface area contributed by atoms with Crippen LogP contribution in [0.4, 0.5) is 15.0 Å². The first kappa shape index (κ1) is 29.8. The number of aromatic nitrogens is 1. The fourth-order valence-electron chi connectivity index (χ4n) is 3.60. The van der Waals surface area contributed by atoms with Crippen LogP contribution in [0.15, 0.2) is 54.7 Å². The fraction of sp³-hybridized carbons (Fsp3) is 0.333. The lowest BCUT2D eigenvalue weighted by Crippen LogP contribution is -2.44. The van der Waals surface area contributed by atoms with E-state index in [0.717, 1.165) is 10.8 Å². The average Bonchev–Trinajstić information content (AvgIpc) is 2.91. The molecule has 0 bridgehead atoms. The molecule has 12 heteroatoms. The van der Waals surface area contributed by atoms with Crippen molar-refractivity contribution in [3.8, 4) is 0 Å². The van der Waals surface area contributed by atoms with E-state index < -0.39 is 30.0 Å². The Labute approximate surface area is 230 Å². The number of rotatable bonds is 13. The smallest absolute Gasteiger partial charge is 0.412 e. The van der Waals surface area contributed by atoms with Crippen LogP contribution >= 0.6 is 11.6 Å². The van der Waals surface area contributed by atoms with Crippen molar-refractivity contribution >= 4 is 46.1 Å². The molecule has 5 N–H and O–H groups in total. The number of nitrogens with zero attached hydrogens (tertiary/aromatic N) is 1. The van der Waals surface area contributed by atoms with Gasteiger partial charge in [-0.3, -0.25) is 14.9 Å². The Morgan fingerprint density at radius 2 is 1.87 bits per heavy atom. The first-order valence-electron chi connectivity index (χ1n) is 12.4. The number of anilines is 1. The minimum atomic E-state index is -0.769. The molecule has 2 aromatic carbocycles. The standard InChI is InChI=1S/C27H31ClFN5O5/c1-17(35)12-32-24(36)10-9-21(33-25(37)15-30-13-20-7-4-8-22(29)26(20)28)16-39-27(38)34-23-11-18-5-2-3-6-19(18)14-31-23/h2-8,11,14,17,21,30,35H,9-10,12-13,15-16H2,1H3,(H,32,36)(H,33,37)(H,31,34,38)/t17-,21-/m0/s1. The van der Waals surface area contributed by atoms with Gasteiger partial charge in [-0.15, -0.1) is 0 Å². The van der Waals surface area contributed by atoms with Gasteiger partial charge < -0.3 is 25.8 Å². The van der Waals surface area contributed by atoms with E-state index in [0.29, 0.717) is 11.4 Å². The number of halogens is 2. The number of pyridine rings is 1. The predicted octanol–water partition coefficient (Wildman–Crippen LogP) is 3.13. The number of nitrogens with one attached hydrogen (secondary N) is 4. The van der Waals surface area contributed by atoms with Gasteiger partial charge in [-0.2, -0.15) is 0 Å². The molecule has 3 amide bonds. The van der Waals surface area contributed by atoms with Crippen LogP contribution in [0.2, 0.25) is 5.02 Å². The van der Waals surface area contributed by atoms with E-state index in [1.54, 1.807) is 25.3 Å². The number of fused-ring (bicyclic) bond motifs is 1. The molecule has 2 atom stereocenters. The van der Waals surface area contributed by atoms with Crippen LogP contribution in [0.5, 0.6) is 0 Å². The highest BCUT2D eigenvalue weighted by atomic mass is 35.5. The lowest BCUT2D eigenvalue weighted by molar-refractivity contribution is -0.123. The van der Waals surface area contributed by atoms with E-state index in [4.69, 9.17) is 16.3 Å². The van der Waals surface area contributed by atoms with E-state index >= 15 is 0 Å². The summed E-state index contributed by atoms with van der Waals surface area (Å²) in [4.78, 5) is 41.2. The number of hydrogen-bond acceptors (Lipinski definition) is 7. The average molecular weight is 560 g/mol. The first-order valence-corrected chi connectivity index (χ1v) is 12.8. The second kappa shape index (κ2) is 15.0. The molecule has 3 aromatic rings. The lowest BCUT2D eigenvalue weighted by atomic mass is 10.1. The molecule has 39 heavy (non-hydrogen) atoms. The summed E-state index contributed by atoms with van der Waals surface area (Å²) in [6.07, 6.45) is 0.368. The van der Waals surface area contributed by atoms with Crippen molar-refractivity contribution in [3.63, 3.8) is 0 Å². The first-order chi connectivity index (χ1) is 18.7. The number of hydrogen-bond donors (Lipinski definition) is 5. The van der Waals surface area contributed by atoms with Crippen LogP contribution in [0.25, 0.3) is 10.8 Å². The maximum absolute atomic E-state index is 13.6. The molecular formula is C27H31ClFN5O5. The Bertz CT molecular complexity index is 1290. The van der Waals surface area contributed by atoms with Crippen molar-refractivity contribution < 1.29 is 28.6 Å². The Hall–Kier alpha value is -3.80. The number of aliphatic hydroxyl groups excluding tert-OH is 1. The molecular weight excluding hydrogens is 529 g/mol. The van der Waals surface area contributed by atoms with Gasteiger partial charge in [-0.1, -0.05) is 48.0 Å². The normalized spacial score (nSPS) is 12.4. The summed E-state index contributed by atoms with van der Waals surface area (Å²) in [6.45, 7) is 1.48. The largest absolute Gasteiger partial charge is 0.447 e. The van der Waals surface area contributed by atoms with E-state index in [1.165, 1.54) is 12.1 Å². The summed E-state index contributed by atoms with van der Waals surface area (Å²) < 4.78 is 18.9. The molecule has 0 saturated heterocycles. The number of amides is 3. The molecule has 3 rings (SSSR count).